The molecular weight excluding hydrogens is 224 g/mol. The highest BCUT2D eigenvalue weighted by Gasteiger charge is 2.03. The standard InChI is InChI=1S/C14H20N4/c1-12(2)7-15-8-14-9-16-11-18(14)10-13-5-3-4-6-17-13/h3-6,9,11-12,15H,7-8,10H2,1-2H3. The van der Waals surface area contributed by atoms with Crippen LogP contribution in [0.3, 0.4) is 0 Å². The minimum Gasteiger partial charge on any atom is -0.327 e. The molecule has 2 aromatic heterocycles. The maximum Gasteiger partial charge on any atom is 0.0952 e. The van der Waals surface area contributed by atoms with Crippen LogP contribution in [0.25, 0.3) is 0 Å². The van der Waals surface area contributed by atoms with Gasteiger partial charge in [-0.05, 0) is 24.6 Å². The molecule has 4 heteroatoms. The first-order chi connectivity index (χ1) is 8.75. The van der Waals surface area contributed by atoms with Crippen molar-refractivity contribution >= 4 is 0 Å². The van der Waals surface area contributed by atoms with E-state index in [4.69, 9.17) is 0 Å². The number of hydrogen-bond donors (Lipinski definition) is 1. The van der Waals surface area contributed by atoms with Crippen molar-refractivity contribution in [3.63, 3.8) is 0 Å². The van der Waals surface area contributed by atoms with Gasteiger partial charge in [-0.3, -0.25) is 4.98 Å². The van der Waals surface area contributed by atoms with Crippen molar-refractivity contribution in [3.8, 4) is 0 Å². The van der Waals surface area contributed by atoms with Crippen LogP contribution >= 0.6 is 0 Å². The molecule has 0 saturated heterocycles. The van der Waals surface area contributed by atoms with E-state index in [1.807, 2.05) is 36.9 Å². The van der Waals surface area contributed by atoms with E-state index in [2.05, 4.69) is 33.7 Å². The summed E-state index contributed by atoms with van der Waals surface area (Å²) < 4.78 is 2.13. The van der Waals surface area contributed by atoms with Crippen LogP contribution < -0.4 is 5.32 Å². The zero-order chi connectivity index (χ0) is 12.8. The highest BCUT2D eigenvalue weighted by molar-refractivity contribution is 5.07. The minimum absolute atomic E-state index is 0.664. The zero-order valence-corrected chi connectivity index (χ0v) is 11.0. The molecule has 0 aliphatic carbocycles. The van der Waals surface area contributed by atoms with Gasteiger partial charge in [0, 0.05) is 18.9 Å². The Morgan fingerprint density at radius 1 is 1.33 bits per heavy atom. The number of nitrogens with one attached hydrogen (secondary N) is 1. The average molecular weight is 244 g/mol. The summed E-state index contributed by atoms with van der Waals surface area (Å²) in [6, 6.07) is 5.98. The Bertz CT molecular complexity index is 462. The second-order valence-electron chi connectivity index (χ2n) is 4.86. The maximum atomic E-state index is 4.33. The van der Waals surface area contributed by atoms with Crippen LogP contribution in [0.4, 0.5) is 0 Å². The largest absolute Gasteiger partial charge is 0.327 e. The fraction of sp³-hybridized carbons (Fsp3) is 0.429. The van der Waals surface area contributed by atoms with Gasteiger partial charge in [0.15, 0.2) is 0 Å². The molecule has 0 radical (unpaired) electrons. The topological polar surface area (TPSA) is 42.7 Å². The molecule has 1 N–H and O–H groups in total. The SMILES string of the molecule is CC(C)CNCc1cncn1Cc1ccccn1. The molecule has 96 valence electrons. The number of rotatable bonds is 6. The summed E-state index contributed by atoms with van der Waals surface area (Å²) in [6.45, 7) is 7.07. The third-order valence-electron chi connectivity index (χ3n) is 2.72. The lowest BCUT2D eigenvalue weighted by Crippen LogP contribution is -2.21. The van der Waals surface area contributed by atoms with Gasteiger partial charge >= 0.3 is 0 Å². The van der Waals surface area contributed by atoms with Crippen LogP contribution in [0, 0.1) is 5.92 Å². The first-order valence-electron chi connectivity index (χ1n) is 6.35. The van der Waals surface area contributed by atoms with E-state index in [0.717, 1.165) is 25.3 Å². The lowest BCUT2D eigenvalue weighted by molar-refractivity contribution is 0.538. The normalized spacial score (nSPS) is 11.1. The molecule has 4 nitrogen and oxygen atoms in total. The zero-order valence-electron chi connectivity index (χ0n) is 11.0. The van der Waals surface area contributed by atoms with Gasteiger partial charge in [0.2, 0.25) is 0 Å². The molecule has 0 saturated carbocycles. The molecular formula is C14H20N4. The predicted octanol–water partition coefficient (Wildman–Crippen LogP) is 2.07. The highest BCUT2D eigenvalue weighted by atomic mass is 15.1. The summed E-state index contributed by atoms with van der Waals surface area (Å²) in [7, 11) is 0. The Labute approximate surface area is 108 Å². The molecule has 0 fully saturated rings. The fourth-order valence-electron chi connectivity index (χ4n) is 1.79. The Balaban J connectivity index is 1.95. The Morgan fingerprint density at radius 2 is 2.22 bits per heavy atom. The third-order valence-corrected chi connectivity index (χ3v) is 2.72. The van der Waals surface area contributed by atoms with Gasteiger partial charge in [0.1, 0.15) is 0 Å². The molecule has 0 aliphatic rings. The number of nitrogens with zero attached hydrogens (tertiary/aromatic N) is 3. The van der Waals surface area contributed by atoms with Gasteiger partial charge in [0.25, 0.3) is 0 Å². The number of hydrogen-bond acceptors (Lipinski definition) is 3. The van der Waals surface area contributed by atoms with Crippen molar-refractivity contribution in [2.24, 2.45) is 5.92 Å². The molecule has 0 spiro atoms. The first-order valence-corrected chi connectivity index (χ1v) is 6.35. The summed E-state index contributed by atoms with van der Waals surface area (Å²) in [4.78, 5) is 8.55. The predicted molar refractivity (Wildman–Crippen MR) is 72.1 cm³/mol. The summed E-state index contributed by atoms with van der Waals surface area (Å²) in [5.74, 6) is 0.664. The van der Waals surface area contributed by atoms with Crippen molar-refractivity contribution in [2.45, 2.75) is 26.9 Å². The van der Waals surface area contributed by atoms with Crippen molar-refractivity contribution in [1.82, 2.24) is 19.9 Å². The van der Waals surface area contributed by atoms with Crippen LogP contribution in [0.5, 0.6) is 0 Å². The van der Waals surface area contributed by atoms with E-state index in [0.29, 0.717) is 5.92 Å². The summed E-state index contributed by atoms with van der Waals surface area (Å²) in [5.41, 5.74) is 2.25. The van der Waals surface area contributed by atoms with Gasteiger partial charge in [-0.1, -0.05) is 19.9 Å². The van der Waals surface area contributed by atoms with Gasteiger partial charge in [-0.2, -0.15) is 0 Å². The van der Waals surface area contributed by atoms with E-state index in [1.54, 1.807) is 0 Å². The molecule has 18 heavy (non-hydrogen) atoms. The van der Waals surface area contributed by atoms with Gasteiger partial charge < -0.3 is 9.88 Å². The second kappa shape index (κ2) is 6.31. The van der Waals surface area contributed by atoms with Crippen molar-refractivity contribution < 1.29 is 0 Å². The number of imidazole rings is 1. The van der Waals surface area contributed by atoms with Crippen LogP contribution in [0.15, 0.2) is 36.9 Å². The molecule has 0 unspecified atom stereocenters. The summed E-state index contributed by atoms with van der Waals surface area (Å²) in [5, 5.41) is 3.43. The minimum atomic E-state index is 0.664. The Kier molecular flexibility index (Phi) is 4.47. The van der Waals surface area contributed by atoms with Crippen molar-refractivity contribution in [3.05, 3.63) is 48.3 Å². The van der Waals surface area contributed by atoms with Crippen LogP contribution in [-0.2, 0) is 13.1 Å². The molecule has 0 aromatic carbocycles. The lowest BCUT2D eigenvalue weighted by atomic mass is 10.2. The van der Waals surface area contributed by atoms with Crippen LogP contribution in [0.2, 0.25) is 0 Å². The lowest BCUT2D eigenvalue weighted by Gasteiger charge is -2.10. The summed E-state index contributed by atoms with van der Waals surface area (Å²) in [6.07, 6.45) is 5.60. The monoisotopic (exact) mass is 244 g/mol. The van der Waals surface area contributed by atoms with E-state index in [-0.39, 0.29) is 0 Å². The quantitative estimate of drug-likeness (QED) is 0.846. The van der Waals surface area contributed by atoms with E-state index >= 15 is 0 Å². The van der Waals surface area contributed by atoms with Crippen molar-refractivity contribution in [2.75, 3.05) is 6.54 Å². The number of aromatic nitrogens is 3. The molecule has 2 aromatic rings. The highest BCUT2D eigenvalue weighted by Crippen LogP contribution is 2.04. The Hall–Kier alpha value is -1.68. The van der Waals surface area contributed by atoms with E-state index in [9.17, 15) is 0 Å². The third kappa shape index (κ3) is 3.67. The van der Waals surface area contributed by atoms with E-state index in [1.165, 1.54) is 5.69 Å². The second-order valence-corrected chi connectivity index (χ2v) is 4.86. The van der Waals surface area contributed by atoms with Crippen molar-refractivity contribution in [1.29, 1.82) is 0 Å². The molecule has 0 aliphatic heterocycles. The molecule has 0 bridgehead atoms. The molecule has 0 atom stereocenters. The van der Waals surface area contributed by atoms with Gasteiger partial charge in [0.05, 0.1) is 24.3 Å². The smallest absolute Gasteiger partial charge is 0.0952 e. The summed E-state index contributed by atoms with van der Waals surface area (Å²) >= 11 is 0. The van der Waals surface area contributed by atoms with Crippen LogP contribution in [0.1, 0.15) is 25.2 Å². The van der Waals surface area contributed by atoms with Crippen LogP contribution in [-0.4, -0.2) is 21.1 Å². The molecule has 2 heterocycles. The molecule has 0 amide bonds. The Morgan fingerprint density at radius 3 is 2.94 bits per heavy atom. The number of pyridine rings is 1. The fourth-order valence-corrected chi connectivity index (χ4v) is 1.79. The van der Waals surface area contributed by atoms with Gasteiger partial charge in [-0.25, -0.2) is 4.98 Å². The first kappa shape index (κ1) is 12.8. The van der Waals surface area contributed by atoms with E-state index < -0.39 is 0 Å². The molecule has 2 rings (SSSR count). The maximum absolute atomic E-state index is 4.33. The van der Waals surface area contributed by atoms with Gasteiger partial charge in [-0.15, -0.1) is 0 Å². The average Bonchev–Trinajstić information content (AvgIpc) is 2.78.